The number of nitrogens with one attached hydrogen (secondary N) is 1. The van der Waals surface area contributed by atoms with E-state index in [-0.39, 0.29) is 32.7 Å². The minimum absolute atomic E-state index is 0. The molecule has 1 aromatic heterocycles. The van der Waals surface area contributed by atoms with Crippen molar-refractivity contribution in [3.05, 3.63) is 35.9 Å². The van der Waals surface area contributed by atoms with Gasteiger partial charge in [-0.25, -0.2) is 0 Å². The van der Waals surface area contributed by atoms with E-state index in [4.69, 9.17) is 4.74 Å². The van der Waals surface area contributed by atoms with Crippen LogP contribution in [0, 0.1) is 0 Å². The first-order valence-corrected chi connectivity index (χ1v) is 7.36. The molecular formula is C18H32BNO3. The van der Waals surface area contributed by atoms with Crippen LogP contribution in [-0.4, -0.2) is 29.6 Å². The van der Waals surface area contributed by atoms with E-state index >= 15 is 0 Å². The maximum absolute atomic E-state index is 11.4. The predicted molar refractivity (Wildman–Crippen MR) is 101 cm³/mol. The summed E-state index contributed by atoms with van der Waals surface area (Å²) in [5.74, 6) is 1.06. The van der Waals surface area contributed by atoms with Crippen LogP contribution in [0.25, 0.3) is 0 Å². The number of carbonyl (C=O) groups is 2. The number of rotatable bonds is 2. The first kappa shape index (κ1) is 26.0. The van der Waals surface area contributed by atoms with Gasteiger partial charge >= 0.3 is 86.1 Å². The van der Waals surface area contributed by atoms with E-state index in [2.05, 4.69) is 32.7 Å². The number of aromatic amines is 1. The zero-order chi connectivity index (χ0) is 16.1. The zero-order valence-electron chi connectivity index (χ0n) is 13.3. The summed E-state index contributed by atoms with van der Waals surface area (Å²) in [6.07, 6.45) is 5.89. The molecule has 0 aliphatic carbocycles. The maximum atomic E-state index is 11.4. The molecule has 0 amide bonds. The van der Waals surface area contributed by atoms with Gasteiger partial charge in [0.1, 0.15) is 0 Å². The van der Waals surface area contributed by atoms with Gasteiger partial charge in [-0.3, -0.25) is 0 Å². The molecular weight excluding hydrogens is 289 g/mol. The van der Waals surface area contributed by atoms with Gasteiger partial charge in [0.2, 0.25) is 0 Å². The monoisotopic (exact) mass is 321 g/mol. The van der Waals surface area contributed by atoms with Gasteiger partial charge in [-0.15, -0.1) is 0 Å². The number of allylic oxidation sites excluding steroid dienone is 2. The number of ketones is 1. The molecule has 0 atom stereocenters. The number of carbonyl (C=O) groups excluding carboxylic acids is 2. The second-order valence-corrected chi connectivity index (χ2v) is 4.47. The van der Waals surface area contributed by atoms with Crippen molar-refractivity contribution in [3.63, 3.8) is 0 Å². The Morgan fingerprint density at radius 2 is 1.78 bits per heavy atom. The molecule has 2 rings (SSSR count). The molecule has 1 N–H and O–H groups in total. The molecule has 23 heavy (non-hydrogen) atoms. The average molecular weight is 321 g/mol. The van der Waals surface area contributed by atoms with E-state index in [1.165, 1.54) is 18.9 Å². The molecule has 0 radical (unpaired) electrons. The van der Waals surface area contributed by atoms with Gasteiger partial charge in [0.25, 0.3) is 0 Å². The van der Waals surface area contributed by atoms with Crippen LogP contribution in [0.1, 0.15) is 65.9 Å². The average Bonchev–Trinajstić information content (AvgIpc) is 2.97. The van der Waals surface area contributed by atoms with Crippen molar-refractivity contribution in [3.8, 4) is 0 Å². The van der Waals surface area contributed by atoms with Gasteiger partial charge < -0.3 is 0 Å². The number of esters is 1. The van der Waals surface area contributed by atoms with Crippen LogP contribution in [0.3, 0.4) is 0 Å². The van der Waals surface area contributed by atoms with E-state index in [1.807, 2.05) is 0 Å². The van der Waals surface area contributed by atoms with E-state index in [9.17, 15) is 9.59 Å². The van der Waals surface area contributed by atoms with E-state index < -0.39 is 5.97 Å². The summed E-state index contributed by atoms with van der Waals surface area (Å²) in [5.41, 5.74) is 0.332. The SMILES string of the molecule is C.C.CCC.CCC.O=C1CB=CC=C1OC(=O)c1ccc[nH]1. The Hall–Kier alpha value is -1.91. The molecule has 0 spiro atoms. The van der Waals surface area contributed by atoms with Crippen molar-refractivity contribution in [1.82, 2.24) is 4.98 Å². The normalized spacial score (nSPS) is 11.0. The van der Waals surface area contributed by atoms with E-state index in [0.717, 1.165) is 0 Å². The Morgan fingerprint density at radius 3 is 2.22 bits per heavy atom. The molecule has 130 valence electrons. The molecule has 0 fully saturated rings. The standard InChI is InChI=1S/C10H8BNO3.2C3H8.2CH4/c13-8-6-11-4-3-9(8)15-10(14)7-2-1-5-12-7;2*1-3-2;;/h1-5,12H,6H2;2*3H2,1-2H3;2*1H4. The Labute approximate surface area is 142 Å². The fourth-order valence-corrected chi connectivity index (χ4v) is 1.23. The van der Waals surface area contributed by atoms with E-state index in [0.29, 0.717) is 5.69 Å². The van der Waals surface area contributed by atoms with Gasteiger partial charge in [-0.05, 0) is 0 Å². The summed E-state index contributed by atoms with van der Waals surface area (Å²) in [5, 5.41) is 0. The Morgan fingerprint density at radius 1 is 1.22 bits per heavy atom. The first-order valence-electron chi connectivity index (χ1n) is 7.36. The Kier molecular flexibility index (Phi) is 18.6. The minimum atomic E-state index is -0.546. The van der Waals surface area contributed by atoms with Crippen molar-refractivity contribution in [2.45, 2.75) is 61.7 Å². The molecule has 1 aliphatic rings. The molecule has 5 heteroatoms. The number of hydrogen-bond donors (Lipinski definition) is 1. The van der Waals surface area contributed by atoms with Crippen LogP contribution in [0.15, 0.2) is 30.2 Å². The number of aromatic nitrogens is 1. The molecule has 1 aliphatic heterocycles. The second kappa shape index (κ2) is 16.5. The molecule has 0 aromatic carbocycles. The molecule has 4 nitrogen and oxygen atoms in total. The Bertz CT molecular complexity index is 474. The topological polar surface area (TPSA) is 59.2 Å². The van der Waals surface area contributed by atoms with Crippen LogP contribution in [-0.2, 0) is 9.53 Å². The third kappa shape index (κ3) is 11.3. The summed E-state index contributed by atoms with van der Waals surface area (Å²) in [6.45, 7) is 10.2. The predicted octanol–water partition coefficient (Wildman–Crippen LogP) is 4.67. The third-order valence-corrected chi connectivity index (χ3v) is 1.98. The van der Waals surface area contributed by atoms with Gasteiger partial charge in [-0.1, -0.05) is 55.4 Å². The van der Waals surface area contributed by atoms with Gasteiger partial charge in [0, 0.05) is 0 Å². The van der Waals surface area contributed by atoms with Crippen molar-refractivity contribution >= 4 is 24.6 Å². The molecule has 0 bridgehead atoms. The van der Waals surface area contributed by atoms with Crippen LogP contribution < -0.4 is 0 Å². The number of H-pyrrole nitrogens is 1. The molecule has 0 saturated carbocycles. The fraction of sp³-hybridized carbons (Fsp3) is 0.500. The van der Waals surface area contributed by atoms with Crippen molar-refractivity contribution in [1.29, 1.82) is 0 Å². The number of hydrogen-bond acceptors (Lipinski definition) is 3. The number of ether oxygens (including phenoxy) is 1. The summed E-state index contributed by atoms with van der Waals surface area (Å²) in [4.78, 5) is 25.5. The van der Waals surface area contributed by atoms with Crippen molar-refractivity contribution in [2.24, 2.45) is 0 Å². The summed E-state index contributed by atoms with van der Waals surface area (Å²) in [7, 11) is 0. The van der Waals surface area contributed by atoms with E-state index in [1.54, 1.807) is 31.2 Å². The van der Waals surface area contributed by atoms with Gasteiger partial charge in [0.05, 0.1) is 0 Å². The van der Waals surface area contributed by atoms with Crippen LogP contribution >= 0.6 is 0 Å². The van der Waals surface area contributed by atoms with Gasteiger partial charge in [-0.2, -0.15) is 0 Å². The third-order valence-electron chi connectivity index (χ3n) is 1.98. The number of Topliss-reactive ketones (excluding diaryl/α,β-unsaturated/α-hetero) is 1. The first-order chi connectivity index (χ1) is 10.1. The van der Waals surface area contributed by atoms with Crippen molar-refractivity contribution < 1.29 is 14.3 Å². The molecule has 0 saturated heterocycles. The van der Waals surface area contributed by atoms with Crippen LogP contribution in [0.5, 0.6) is 0 Å². The molecule has 2 heterocycles. The molecule has 1 aromatic rings. The Balaban J connectivity index is -0.000000440. The fourth-order valence-electron chi connectivity index (χ4n) is 1.23. The molecule has 0 unspecified atom stereocenters. The van der Waals surface area contributed by atoms with Crippen molar-refractivity contribution in [2.75, 3.05) is 0 Å². The summed E-state index contributed by atoms with van der Waals surface area (Å²) >= 11 is 0. The summed E-state index contributed by atoms with van der Waals surface area (Å²) in [6, 6.07) is 3.28. The van der Waals surface area contributed by atoms with Crippen LogP contribution in [0.2, 0.25) is 6.32 Å². The quantitative estimate of drug-likeness (QED) is 0.636. The van der Waals surface area contributed by atoms with Gasteiger partial charge in [0.15, 0.2) is 0 Å². The summed E-state index contributed by atoms with van der Waals surface area (Å²) < 4.78 is 4.94. The zero-order valence-corrected chi connectivity index (χ0v) is 13.3. The second-order valence-electron chi connectivity index (χ2n) is 4.47. The van der Waals surface area contributed by atoms with Crippen LogP contribution in [0.4, 0.5) is 0 Å².